The summed E-state index contributed by atoms with van der Waals surface area (Å²) >= 11 is 0. The molecule has 2 heterocycles. The number of carbonyl (C=O) groups excluding carboxylic acids is 1. The maximum Gasteiger partial charge on any atom is 0.341 e. The molecule has 0 saturated carbocycles. The number of nitrogens with zero attached hydrogens (tertiary/aromatic N) is 2. The third-order valence-corrected chi connectivity index (χ3v) is 4.32. The second kappa shape index (κ2) is 7.66. The monoisotopic (exact) mass is 411 g/mol. The Hall–Kier alpha value is -4.21. The van der Waals surface area contributed by atoms with Crippen LogP contribution in [0.5, 0.6) is 11.5 Å². The first-order valence-corrected chi connectivity index (χ1v) is 8.63. The molecule has 0 atom stereocenters. The van der Waals surface area contributed by atoms with Crippen LogP contribution in [-0.4, -0.2) is 33.4 Å². The van der Waals surface area contributed by atoms with E-state index in [1.54, 1.807) is 0 Å². The molecule has 0 aliphatic heterocycles. The lowest BCUT2D eigenvalue weighted by Crippen LogP contribution is -2.10. The molecule has 0 aliphatic rings. The topological polar surface area (TPSA) is 128 Å². The van der Waals surface area contributed by atoms with Crippen molar-refractivity contribution in [2.24, 2.45) is 0 Å². The molecule has 4 rings (SSSR count). The molecule has 2 N–H and O–H groups in total. The van der Waals surface area contributed by atoms with Crippen LogP contribution in [0.3, 0.4) is 0 Å². The van der Waals surface area contributed by atoms with Gasteiger partial charge in [0, 0.05) is 0 Å². The maximum absolute atomic E-state index is 13.1. The highest BCUT2D eigenvalue weighted by atomic mass is 19.1. The van der Waals surface area contributed by atoms with Gasteiger partial charge >= 0.3 is 5.97 Å². The third kappa shape index (κ3) is 3.34. The van der Waals surface area contributed by atoms with Gasteiger partial charge < -0.3 is 19.0 Å². The summed E-state index contributed by atoms with van der Waals surface area (Å²) in [6.45, 7) is 0.0109. The first kappa shape index (κ1) is 19.1. The molecule has 0 fully saturated rings. The average molecular weight is 411 g/mol. The number of hydrogen-bond donors (Lipinski definition) is 2. The Balaban J connectivity index is 1.87. The van der Waals surface area contributed by atoms with Gasteiger partial charge in [-0.15, -0.1) is 0 Å². The van der Waals surface area contributed by atoms with E-state index in [0.29, 0.717) is 5.56 Å². The van der Waals surface area contributed by atoms with E-state index >= 15 is 0 Å². The van der Waals surface area contributed by atoms with Crippen molar-refractivity contribution >= 4 is 16.9 Å². The summed E-state index contributed by atoms with van der Waals surface area (Å²) in [6, 6.07) is 8.38. The van der Waals surface area contributed by atoms with Gasteiger partial charge in [-0.1, -0.05) is 12.1 Å². The number of carbonyl (C=O) groups is 1. The van der Waals surface area contributed by atoms with Crippen molar-refractivity contribution < 1.29 is 28.2 Å². The standard InChI is InChI=1S/C20H14FN3O6/c1-28-20(27)12-6-7-13(29-8-10-2-4-11(21)5-3-10)14-15(25)16(26)18(30-17(12)14)19-22-9-23-24-19/h2-7,9,26H,8H2,1H3,(H,22,23,24). The smallest absolute Gasteiger partial charge is 0.341 e. The lowest BCUT2D eigenvalue weighted by molar-refractivity contribution is 0.0601. The summed E-state index contributed by atoms with van der Waals surface area (Å²) in [5, 5.41) is 16.4. The number of fused-ring (bicyclic) bond motifs is 1. The maximum atomic E-state index is 13.1. The Morgan fingerprint density at radius 3 is 2.67 bits per heavy atom. The van der Waals surface area contributed by atoms with E-state index in [-0.39, 0.29) is 40.5 Å². The number of esters is 1. The fourth-order valence-corrected chi connectivity index (χ4v) is 2.87. The average Bonchev–Trinajstić information content (AvgIpc) is 3.29. The molecule has 0 aliphatic carbocycles. The fourth-order valence-electron chi connectivity index (χ4n) is 2.87. The molecule has 9 nitrogen and oxygen atoms in total. The molecular formula is C20H14FN3O6. The second-order valence-electron chi connectivity index (χ2n) is 6.17. The summed E-state index contributed by atoms with van der Waals surface area (Å²) in [6.07, 6.45) is 1.17. The van der Waals surface area contributed by atoms with Gasteiger partial charge in [0.2, 0.25) is 16.9 Å². The molecule has 30 heavy (non-hydrogen) atoms. The highest BCUT2D eigenvalue weighted by Crippen LogP contribution is 2.34. The number of aromatic amines is 1. The molecule has 0 amide bonds. The Bertz CT molecular complexity index is 1280. The predicted octanol–water partition coefficient (Wildman–Crippen LogP) is 2.79. The number of methoxy groups -OCH3 is 1. The number of nitrogens with one attached hydrogen (secondary N) is 1. The minimum absolute atomic E-state index is 0.0000468. The first-order chi connectivity index (χ1) is 14.5. The van der Waals surface area contributed by atoms with Crippen LogP contribution in [0.4, 0.5) is 4.39 Å². The normalized spacial score (nSPS) is 10.9. The Kier molecular flexibility index (Phi) is 4.88. The van der Waals surface area contributed by atoms with Crippen LogP contribution in [0.1, 0.15) is 15.9 Å². The molecule has 152 valence electrons. The van der Waals surface area contributed by atoms with Crippen LogP contribution < -0.4 is 10.2 Å². The summed E-state index contributed by atoms with van der Waals surface area (Å²) in [4.78, 5) is 29.0. The molecule has 10 heteroatoms. The summed E-state index contributed by atoms with van der Waals surface area (Å²) < 4.78 is 29.2. The van der Waals surface area contributed by atoms with Gasteiger partial charge in [-0.2, -0.15) is 5.10 Å². The zero-order valence-corrected chi connectivity index (χ0v) is 15.5. The lowest BCUT2D eigenvalue weighted by atomic mass is 10.1. The number of hydrogen-bond acceptors (Lipinski definition) is 8. The minimum atomic E-state index is -0.831. The summed E-state index contributed by atoms with van der Waals surface area (Å²) in [5.74, 6) is -2.09. The molecule has 0 unspecified atom stereocenters. The van der Waals surface area contributed by atoms with Crippen molar-refractivity contribution in [3.8, 4) is 23.1 Å². The van der Waals surface area contributed by atoms with Crippen molar-refractivity contribution in [1.82, 2.24) is 15.2 Å². The van der Waals surface area contributed by atoms with Crippen LogP contribution >= 0.6 is 0 Å². The van der Waals surface area contributed by atoms with E-state index in [0.717, 1.165) is 0 Å². The molecule has 0 spiro atoms. The Morgan fingerprint density at radius 1 is 1.23 bits per heavy atom. The summed E-state index contributed by atoms with van der Waals surface area (Å²) in [5.41, 5.74) is -0.372. The number of aromatic nitrogens is 3. The SMILES string of the molecule is COC(=O)c1ccc(OCc2ccc(F)cc2)c2c(=O)c(O)c(-c3ncn[nH]3)oc12. The van der Waals surface area contributed by atoms with Crippen molar-refractivity contribution in [3.63, 3.8) is 0 Å². The largest absolute Gasteiger partial charge is 0.501 e. The number of rotatable bonds is 5. The van der Waals surface area contributed by atoms with E-state index in [9.17, 15) is 19.1 Å². The minimum Gasteiger partial charge on any atom is -0.501 e. The molecule has 4 aromatic rings. The molecular weight excluding hydrogens is 397 g/mol. The predicted molar refractivity (Wildman–Crippen MR) is 102 cm³/mol. The third-order valence-electron chi connectivity index (χ3n) is 4.32. The van der Waals surface area contributed by atoms with Crippen molar-refractivity contribution in [1.29, 1.82) is 0 Å². The molecule has 2 aromatic heterocycles. The van der Waals surface area contributed by atoms with E-state index in [1.807, 2.05) is 0 Å². The molecule has 2 aromatic carbocycles. The quantitative estimate of drug-likeness (QED) is 0.480. The number of H-pyrrole nitrogens is 1. The van der Waals surface area contributed by atoms with Gasteiger partial charge in [0.15, 0.2) is 11.4 Å². The van der Waals surface area contributed by atoms with E-state index in [4.69, 9.17) is 13.9 Å². The zero-order valence-electron chi connectivity index (χ0n) is 15.5. The Labute approximate surface area is 167 Å². The van der Waals surface area contributed by atoms with E-state index in [2.05, 4.69) is 15.2 Å². The van der Waals surface area contributed by atoms with Crippen LogP contribution in [0, 0.1) is 5.82 Å². The van der Waals surface area contributed by atoms with Gasteiger partial charge in [-0.05, 0) is 29.8 Å². The van der Waals surface area contributed by atoms with Crippen molar-refractivity contribution in [2.75, 3.05) is 7.11 Å². The van der Waals surface area contributed by atoms with Crippen LogP contribution in [-0.2, 0) is 11.3 Å². The molecule has 0 bridgehead atoms. The number of aromatic hydroxyl groups is 1. The molecule has 0 radical (unpaired) electrons. The van der Waals surface area contributed by atoms with Crippen LogP contribution in [0.25, 0.3) is 22.6 Å². The van der Waals surface area contributed by atoms with Gasteiger partial charge in [-0.25, -0.2) is 14.2 Å². The van der Waals surface area contributed by atoms with Gasteiger partial charge in [0.25, 0.3) is 0 Å². The highest BCUT2D eigenvalue weighted by Gasteiger charge is 2.24. The Morgan fingerprint density at radius 2 is 2.00 bits per heavy atom. The van der Waals surface area contributed by atoms with Gasteiger partial charge in [0.05, 0.1) is 7.11 Å². The number of halogens is 1. The second-order valence-corrected chi connectivity index (χ2v) is 6.17. The lowest BCUT2D eigenvalue weighted by Gasteiger charge is -2.12. The summed E-state index contributed by atoms with van der Waals surface area (Å²) in [7, 11) is 1.18. The first-order valence-electron chi connectivity index (χ1n) is 8.63. The van der Waals surface area contributed by atoms with Crippen LogP contribution in [0.15, 0.2) is 51.9 Å². The van der Waals surface area contributed by atoms with Crippen molar-refractivity contribution in [3.05, 3.63) is 69.9 Å². The molecule has 0 saturated heterocycles. The fraction of sp³-hybridized carbons (Fsp3) is 0.100. The van der Waals surface area contributed by atoms with E-state index < -0.39 is 23.0 Å². The van der Waals surface area contributed by atoms with Crippen LogP contribution in [0.2, 0.25) is 0 Å². The van der Waals surface area contributed by atoms with Gasteiger partial charge in [-0.3, -0.25) is 9.89 Å². The van der Waals surface area contributed by atoms with E-state index in [1.165, 1.54) is 49.8 Å². The number of ether oxygens (including phenoxy) is 2. The number of benzene rings is 2. The zero-order chi connectivity index (χ0) is 21.3. The highest BCUT2D eigenvalue weighted by molar-refractivity contribution is 6.04. The van der Waals surface area contributed by atoms with Gasteiger partial charge in [0.1, 0.15) is 35.5 Å². The van der Waals surface area contributed by atoms with Crippen molar-refractivity contribution in [2.45, 2.75) is 6.61 Å².